The minimum atomic E-state index is 1.07. The molecule has 1 aliphatic carbocycles. The van der Waals surface area contributed by atoms with Gasteiger partial charge >= 0.3 is 0 Å². The molecule has 0 heterocycles. The molecule has 8 rings (SSSR count). The van der Waals surface area contributed by atoms with Crippen molar-refractivity contribution in [2.45, 2.75) is 12.8 Å². The van der Waals surface area contributed by atoms with Gasteiger partial charge in [-0.2, -0.15) is 0 Å². The second kappa shape index (κ2) is 14.6. The third-order valence-corrected chi connectivity index (χ3v) is 9.77. The van der Waals surface area contributed by atoms with Gasteiger partial charge in [0.1, 0.15) is 0 Å². The van der Waals surface area contributed by atoms with Gasteiger partial charge in [0.2, 0.25) is 0 Å². The molecule has 7 aromatic rings. The number of rotatable bonds is 9. The first-order valence-corrected chi connectivity index (χ1v) is 17.7. The maximum atomic E-state index is 2.37. The van der Waals surface area contributed by atoms with Crippen molar-refractivity contribution < 1.29 is 0 Å². The minimum Gasteiger partial charge on any atom is -0.344 e. The fourth-order valence-electron chi connectivity index (χ4n) is 7.02. The summed E-state index contributed by atoms with van der Waals surface area (Å²) in [4.78, 5) is 4.59. The second-order valence-electron chi connectivity index (χ2n) is 13.0. The maximum absolute atomic E-state index is 2.37. The molecule has 0 amide bonds. The van der Waals surface area contributed by atoms with E-state index in [0.717, 1.165) is 29.9 Å². The van der Waals surface area contributed by atoms with E-state index in [1.165, 1.54) is 55.9 Å². The highest BCUT2D eigenvalue weighted by atomic mass is 15.1. The van der Waals surface area contributed by atoms with Crippen LogP contribution < -0.4 is 9.80 Å². The smallest absolute Gasteiger partial charge is 0.0488 e. The summed E-state index contributed by atoms with van der Waals surface area (Å²) in [5.41, 5.74) is 15.6. The average molecular weight is 657 g/mol. The Morgan fingerprint density at radius 2 is 0.922 bits per heavy atom. The van der Waals surface area contributed by atoms with Crippen molar-refractivity contribution in [3.8, 4) is 33.4 Å². The summed E-state index contributed by atoms with van der Waals surface area (Å²) in [6.45, 7) is 0. The predicted molar refractivity (Wildman–Crippen MR) is 218 cm³/mol. The van der Waals surface area contributed by atoms with Gasteiger partial charge in [0.05, 0.1) is 0 Å². The molecule has 1 aliphatic rings. The molecular weight excluding hydrogens is 617 g/mol. The molecule has 2 heteroatoms. The van der Waals surface area contributed by atoms with Crippen LogP contribution in [0.1, 0.15) is 18.4 Å². The fourth-order valence-corrected chi connectivity index (χ4v) is 7.02. The van der Waals surface area contributed by atoms with Crippen LogP contribution in [-0.4, -0.2) is 7.05 Å². The number of hydrogen-bond donors (Lipinski definition) is 0. The van der Waals surface area contributed by atoms with Gasteiger partial charge in [-0.05, 0) is 112 Å². The highest BCUT2D eigenvalue weighted by Gasteiger charge is 2.16. The summed E-state index contributed by atoms with van der Waals surface area (Å²) in [6, 6.07) is 65.4. The van der Waals surface area contributed by atoms with Gasteiger partial charge in [-0.3, -0.25) is 0 Å². The van der Waals surface area contributed by atoms with E-state index in [1.54, 1.807) is 0 Å². The van der Waals surface area contributed by atoms with Crippen molar-refractivity contribution in [3.05, 3.63) is 206 Å². The molecular formula is C49H40N2. The molecule has 0 atom stereocenters. The van der Waals surface area contributed by atoms with Crippen LogP contribution >= 0.6 is 0 Å². The Kier molecular flexibility index (Phi) is 9.13. The normalized spacial score (nSPS) is 12.3. The van der Waals surface area contributed by atoms with Crippen molar-refractivity contribution in [1.29, 1.82) is 0 Å². The summed E-state index contributed by atoms with van der Waals surface area (Å²) in [5, 5.41) is 0. The van der Waals surface area contributed by atoms with Crippen LogP contribution in [0.3, 0.4) is 0 Å². The van der Waals surface area contributed by atoms with Crippen molar-refractivity contribution in [2.24, 2.45) is 0 Å². The molecule has 7 aromatic carbocycles. The fraction of sp³-hybridized carbons (Fsp3) is 0.0612. The maximum Gasteiger partial charge on any atom is 0.0488 e. The lowest BCUT2D eigenvalue weighted by Gasteiger charge is -2.26. The Morgan fingerprint density at radius 3 is 1.49 bits per heavy atom. The van der Waals surface area contributed by atoms with Gasteiger partial charge in [-0.1, -0.05) is 140 Å². The third kappa shape index (κ3) is 6.90. The highest BCUT2D eigenvalue weighted by molar-refractivity contribution is 5.87. The van der Waals surface area contributed by atoms with E-state index in [2.05, 4.69) is 217 Å². The Balaban J connectivity index is 1.08. The third-order valence-electron chi connectivity index (χ3n) is 9.77. The van der Waals surface area contributed by atoms with Crippen LogP contribution in [0.5, 0.6) is 0 Å². The van der Waals surface area contributed by atoms with E-state index in [4.69, 9.17) is 0 Å². The first-order valence-electron chi connectivity index (χ1n) is 17.7. The Hall–Kier alpha value is -6.38. The lowest BCUT2D eigenvalue weighted by molar-refractivity contribution is 1.05. The summed E-state index contributed by atoms with van der Waals surface area (Å²) in [6.07, 6.45) is 8.85. The van der Waals surface area contributed by atoms with Gasteiger partial charge in [0, 0.05) is 41.0 Å². The number of anilines is 5. The van der Waals surface area contributed by atoms with Gasteiger partial charge in [-0.25, -0.2) is 0 Å². The van der Waals surface area contributed by atoms with Gasteiger partial charge in [0.25, 0.3) is 0 Å². The molecule has 0 fully saturated rings. The number of benzene rings is 7. The molecule has 0 N–H and O–H groups in total. The molecule has 2 nitrogen and oxygen atoms in total. The van der Waals surface area contributed by atoms with E-state index >= 15 is 0 Å². The zero-order valence-corrected chi connectivity index (χ0v) is 28.9. The molecule has 0 unspecified atom stereocenters. The van der Waals surface area contributed by atoms with Gasteiger partial charge in [0.15, 0.2) is 0 Å². The monoisotopic (exact) mass is 656 g/mol. The quantitative estimate of drug-likeness (QED) is 0.153. The van der Waals surface area contributed by atoms with Crippen molar-refractivity contribution >= 4 is 34.0 Å². The highest BCUT2D eigenvalue weighted by Crippen LogP contribution is 2.39. The van der Waals surface area contributed by atoms with Crippen molar-refractivity contribution in [1.82, 2.24) is 0 Å². The molecule has 0 saturated heterocycles. The minimum absolute atomic E-state index is 1.07. The standard InChI is InChI=1S/C49H40N2/c1-50(44-18-8-3-9-19-44)49-34-33-43(37-15-6-2-7-16-37)36-48(49)41-31-29-39(30-32-41)38-25-27-40(28-26-38)42-17-14-24-47(35-42)51(45-20-10-4-11-21-45)46-22-12-5-13-23-46/h2-6,8-15,17-36H,7,16H2,1H3. The van der Waals surface area contributed by atoms with Gasteiger partial charge in [-0.15, -0.1) is 0 Å². The molecule has 51 heavy (non-hydrogen) atoms. The summed E-state index contributed by atoms with van der Waals surface area (Å²) >= 11 is 0. The number of allylic oxidation sites excluding steroid dienone is 4. The van der Waals surface area contributed by atoms with Crippen LogP contribution in [0.4, 0.5) is 28.4 Å². The van der Waals surface area contributed by atoms with Crippen LogP contribution in [0, 0.1) is 0 Å². The lowest BCUT2D eigenvalue weighted by atomic mass is 9.92. The Bertz CT molecular complexity index is 2250. The molecule has 0 aliphatic heterocycles. The number of nitrogens with zero attached hydrogens (tertiary/aromatic N) is 2. The topological polar surface area (TPSA) is 6.48 Å². The molecule has 246 valence electrons. The summed E-state index contributed by atoms with van der Waals surface area (Å²) < 4.78 is 0. The van der Waals surface area contributed by atoms with Crippen LogP contribution in [0.25, 0.3) is 39.0 Å². The van der Waals surface area contributed by atoms with Crippen molar-refractivity contribution in [3.63, 3.8) is 0 Å². The molecule has 0 saturated carbocycles. The molecule has 0 aromatic heterocycles. The van der Waals surface area contributed by atoms with Crippen LogP contribution in [-0.2, 0) is 0 Å². The van der Waals surface area contributed by atoms with Crippen LogP contribution in [0.2, 0.25) is 0 Å². The Labute approximate surface area is 301 Å². The summed E-state index contributed by atoms with van der Waals surface area (Å²) in [5.74, 6) is 0. The van der Waals surface area contributed by atoms with E-state index in [1.807, 2.05) is 0 Å². The SMILES string of the molecule is CN(c1ccccc1)c1ccc(C2=CC=CCC2)cc1-c1ccc(-c2ccc(-c3cccc(N(c4ccccc4)c4ccccc4)c3)cc2)cc1. The second-order valence-corrected chi connectivity index (χ2v) is 13.0. The molecule has 0 spiro atoms. The summed E-state index contributed by atoms with van der Waals surface area (Å²) in [7, 11) is 2.16. The van der Waals surface area contributed by atoms with E-state index in [0.29, 0.717) is 0 Å². The molecule has 0 bridgehead atoms. The van der Waals surface area contributed by atoms with E-state index in [-0.39, 0.29) is 0 Å². The molecule has 0 radical (unpaired) electrons. The first kappa shape index (κ1) is 31.9. The average Bonchev–Trinajstić information content (AvgIpc) is 3.22. The van der Waals surface area contributed by atoms with Crippen molar-refractivity contribution in [2.75, 3.05) is 16.8 Å². The first-order chi connectivity index (χ1) is 25.2. The van der Waals surface area contributed by atoms with Crippen LogP contribution in [0.15, 0.2) is 200 Å². The number of hydrogen-bond acceptors (Lipinski definition) is 2. The predicted octanol–water partition coefficient (Wildman–Crippen LogP) is 13.7. The zero-order chi connectivity index (χ0) is 34.4. The number of para-hydroxylation sites is 3. The largest absolute Gasteiger partial charge is 0.344 e. The zero-order valence-electron chi connectivity index (χ0n) is 28.9. The van der Waals surface area contributed by atoms with E-state index in [9.17, 15) is 0 Å². The lowest BCUT2D eigenvalue weighted by Crippen LogP contribution is -2.10. The van der Waals surface area contributed by atoms with E-state index < -0.39 is 0 Å². The Morgan fingerprint density at radius 1 is 0.412 bits per heavy atom. The van der Waals surface area contributed by atoms with Gasteiger partial charge < -0.3 is 9.80 Å².